The molecule has 6 heteroatoms. The zero-order valence-electron chi connectivity index (χ0n) is 18.1. The Morgan fingerprint density at radius 1 is 1.10 bits per heavy atom. The molecule has 2 aromatic carbocycles. The van der Waals surface area contributed by atoms with Crippen molar-refractivity contribution in [1.82, 2.24) is 10.2 Å². The van der Waals surface area contributed by atoms with Crippen molar-refractivity contribution in [3.63, 3.8) is 0 Å². The summed E-state index contributed by atoms with van der Waals surface area (Å²) < 4.78 is 5.40. The molecule has 0 aliphatic carbocycles. The van der Waals surface area contributed by atoms with Crippen LogP contribution in [-0.4, -0.2) is 62.7 Å². The summed E-state index contributed by atoms with van der Waals surface area (Å²) in [4.78, 5) is 29.7. The highest BCUT2D eigenvalue weighted by Crippen LogP contribution is 2.34. The number of rotatable bonds is 7. The summed E-state index contributed by atoms with van der Waals surface area (Å²) in [6, 6.07) is 15.4. The van der Waals surface area contributed by atoms with Gasteiger partial charge in [-0.25, -0.2) is 0 Å². The van der Waals surface area contributed by atoms with E-state index in [-0.39, 0.29) is 17.9 Å². The second-order valence-electron chi connectivity index (χ2n) is 7.66. The molecular weight excluding hydrogens is 378 g/mol. The first-order chi connectivity index (χ1) is 14.5. The Morgan fingerprint density at radius 2 is 1.80 bits per heavy atom. The van der Waals surface area contributed by atoms with Crippen LogP contribution in [0.1, 0.15) is 30.6 Å². The number of anilines is 1. The Morgan fingerprint density at radius 3 is 2.47 bits per heavy atom. The Kier molecular flexibility index (Phi) is 7.60. The zero-order valence-corrected chi connectivity index (χ0v) is 18.1. The lowest BCUT2D eigenvalue weighted by Crippen LogP contribution is -2.46. The van der Waals surface area contributed by atoms with Crippen LogP contribution in [0.15, 0.2) is 48.5 Å². The second kappa shape index (κ2) is 10.4. The summed E-state index contributed by atoms with van der Waals surface area (Å²) >= 11 is 0. The van der Waals surface area contributed by atoms with E-state index in [4.69, 9.17) is 4.74 Å². The SMILES string of the molecule is CCC(=O)N(C)c1c(C(=O)N[C@H](C)CN2CCOCC2)cccc1-c1ccccc1. The van der Waals surface area contributed by atoms with Gasteiger partial charge < -0.3 is 15.0 Å². The maximum absolute atomic E-state index is 13.2. The number of hydrogen-bond donors (Lipinski definition) is 1. The molecule has 1 atom stereocenters. The molecule has 6 nitrogen and oxygen atoms in total. The highest BCUT2D eigenvalue weighted by Gasteiger charge is 2.23. The monoisotopic (exact) mass is 409 g/mol. The summed E-state index contributed by atoms with van der Waals surface area (Å²) in [6.07, 6.45) is 0.369. The third-order valence-electron chi connectivity index (χ3n) is 5.39. The number of nitrogens with one attached hydrogen (secondary N) is 1. The van der Waals surface area contributed by atoms with Crippen LogP contribution in [0.25, 0.3) is 11.1 Å². The van der Waals surface area contributed by atoms with Crippen molar-refractivity contribution in [3.05, 3.63) is 54.1 Å². The summed E-state index contributed by atoms with van der Waals surface area (Å²) in [5.41, 5.74) is 2.99. The molecule has 1 saturated heterocycles. The lowest BCUT2D eigenvalue weighted by Gasteiger charge is -2.30. The van der Waals surface area contributed by atoms with Gasteiger partial charge in [0.15, 0.2) is 0 Å². The van der Waals surface area contributed by atoms with E-state index in [0.717, 1.165) is 44.0 Å². The van der Waals surface area contributed by atoms with E-state index in [1.165, 1.54) is 0 Å². The highest BCUT2D eigenvalue weighted by molar-refractivity contribution is 6.08. The van der Waals surface area contributed by atoms with Crippen LogP contribution in [0, 0.1) is 0 Å². The number of para-hydroxylation sites is 1. The first kappa shape index (κ1) is 22.0. The van der Waals surface area contributed by atoms with E-state index >= 15 is 0 Å². The van der Waals surface area contributed by atoms with Gasteiger partial charge in [0.25, 0.3) is 5.91 Å². The average molecular weight is 410 g/mol. The quantitative estimate of drug-likeness (QED) is 0.763. The van der Waals surface area contributed by atoms with Gasteiger partial charge in [0.2, 0.25) is 5.91 Å². The summed E-state index contributed by atoms with van der Waals surface area (Å²) in [5.74, 6) is -0.201. The fraction of sp³-hybridized carbons (Fsp3) is 0.417. The molecule has 2 amide bonds. The fourth-order valence-electron chi connectivity index (χ4n) is 3.82. The van der Waals surface area contributed by atoms with Crippen LogP contribution in [0.5, 0.6) is 0 Å². The highest BCUT2D eigenvalue weighted by atomic mass is 16.5. The number of nitrogens with zero attached hydrogens (tertiary/aromatic N) is 2. The molecule has 3 rings (SSSR count). The molecule has 2 aromatic rings. The number of ether oxygens (including phenoxy) is 1. The normalized spacial score (nSPS) is 15.4. The Bertz CT molecular complexity index is 863. The minimum Gasteiger partial charge on any atom is -0.379 e. The zero-order chi connectivity index (χ0) is 21.5. The largest absolute Gasteiger partial charge is 0.379 e. The Hall–Kier alpha value is -2.70. The van der Waals surface area contributed by atoms with Gasteiger partial charge in [-0.2, -0.15) is 0 Å². The van der Waals surface area contributed by atoms with E-state index in [9.17, 15) is 9.59 Å². The van der Waals surface area contributed by atoms with Gasteiger partial charge >= 0.3 is 0 Å². The molecule has 0 unspecified atom stereocenters. The summed E-state index contributed by atoms with van der Waals surface area (Å²) in [5, 5.41) is 3.11. The number of carbonyl (C=O) groups is 2. The van der Waals surface area contributed by atoms with Crippen LogP contribution in [0.4, 0.5) is 5.69 Å². The molecule has 1 aliphatic heterocycles. The summed E-state index contributed by atoms with van der Waals surface area (Å²) in [6.45, 7) is 7.82. The van der Waals surface area contributed by atoms with Gasteiger partial charge in [0.05, 0.1) is 24.5 Å². The maximum atomic E-state index is 13.2. The number of benzene rings is 2. The third-order valence-corrected chi connectivity index (χ3v) is 5.39. The minimum atomic E-state index is -0.167. The minimum absolute atomic E-state index is 0.0176. The van der Waals surface area contributed by atoms with Crippen LogP contribution < -0.4 is 10.2 Å². The molecular formula is C24H31N3O3. The first-order valence-corrected chi connectivity index (χ1v) is 10.6. The van der Waals surface area contributed by atoms with Crippen molar-refractivity contribution in [1.29, 1.82) is 0 Å². The molecule has 0 bridgehead atoms. The van der Waals surface area contributed by atoms with E-state index in [1.54, 1.807) is 18.0 Å². The van der Waals surface area contributed by atoms with Gasteiger partial charge in [0.1, 0.15) is 0 Å². The molecule has 1 N–H and O–H groups in total. The molecule has 1 fully saturated rings. The standard InChI is InChI=1S/C24H31N3O3/c1-4-22(28)26(3)23-20(19-9-6-5-7-10-19)11-8-12-21(23)24(29)25-18(2)17-27-13-15-30-16-14-27/h5-12,18H,4,13-17H2,1-3H3,(H,25,29)/t18-/m1/s1. The van der Waals surface area contributed by atoms with Crippen LogP contribution in [-0.2, 0) is 9.53 Å². The van der Waals surface area contributed by atoms with Crippen molar-refractivity contribution in [2.24, 2.45) is 0 Å². The average Bonchev–Trinajstić information content (AvgIpc) is 2.78. The number of carbonyl (C=O) groups excluding carboxylic acids is 2. The predicted octanol–water partition coefficient (Wildman–Crippen LogP) is 3.18. The van der Waals surface area contributed by atoms with Gasteiger partial charge in [-0.3, -0.25) is 14.5 Å². The van der Waals surface area contributed by atoms with Gasteiger partial charge in [0, 0.05) is 44.7 Å². The number of morpholine rings is 1. The molecule has 0 radical (unpaired) electrons. The van der Waals surface area contributed by atoms with E-state index in [1.807, 2.05) is 56.3 Å². The smallest absolute Gasteiger partial charge is 0.253 e. The van der Waals surface area contributed by atoms with E-state index < -0.39 is 0 Å². The third kappa shape index (κ3) is 5.26. The molecule has 160 valence electrons. The van der Waals surface area contributed by atoms with Crippen LogP contribution in [0.3, 0.4) is 0 Å². The first-order valence-electron chi connectivity index (χ1n) is 10.6. The second-order valence-corrected chi connectivity index (χ2v) is 7.66. The fourth-order valence-corrected chi connectivity index (χ4v) is 3.82. The van der Waals surface area contributed by atoms with Gasteiger partial charge in [-0.05, 0) is 18.6 Å². The lowest BCUT2D eigenvalue weighted by atomic mass is 9.98. The molecule has 1 aliphatic rings. The van der Waals surface area contributed by atoms with E-state index in [0.29, 0.717) is 17.7 Å². The van der Waals surface area contributed by atoms with Crippen molar-refractivity contribution < 1.29 is 14.3 Å². The molecule has 0 aromatic heterocycles. The Balaban J connectivity index is 1.89. The van der Waals surface area contributed by atoms with Gasteiger partial charge in [-0.1, -0.05) is 49.4 Å². The number of hydrogen-bond acceptors (Lipinski definition) is 4. The van der Waals surface area contributed by atoms with Crippen LogP contribution in [0.2, 0.25) is 0 Å². The Labute approximate surface area is 178 Å². The predicted molar refractivity (Wildman–Crippen MR) is 120 cm³/mol. The molecule has 30 heavy (non-hydrogen) atoms. The topological polar surface area (TPSA) is 61.9 Å². The van der Waals surface area contributed by atoms with Crippen molar-refractivity contribution in [2.45, 2.75) is 26.3 Å². The summed E-state index contributed by atoms with van der Waals surface area (Å²) in [7, 11) is 1.74. The van der Waals surface area contributed by atoms with Crippen molar-refractivity contribution in [3.8, 4) is 11.1 Å². The lowest BCUT2D eigenvalue weighted by molar-refractivity contribution is -0.118. The molecule has 0 saturated carbocycles. The van der Waals surface area contributed by atoms with Crippen LogP contribution >= 0.6 is 0 Å². The van der Waals surface area contributed by atoms with Gasteiger partial charge in [-0.15, -0.1) is 0 Å². The number of amides is 2. The van der Waals surface area contributed by atoms with Crippen molar-refractivity contribution in [2.75, 3.05) is 44.8 Å². The molecule has 0 spiro atoms. The van der Waals surface area contributed by atoms with Crippen molar-refractivity contribution >= 4 is 17.5 Å². The molecule has 1 heterocycles. The maximum Gasteiger partial charge on any atom is 0.253 e. The van der Waals surface area contributed by atoms with E-state index in [2.05, 4.69) is 10.2 Å².